The molecule has 1 rings (SSSR count). The number of Topliss-reactive ketones (excluding diaryl/α,β-unsaturated/α-hetero) is 1. The maximum atomic E-state index is 11.8. The normalized spacial score (nSPS) is 26.3. The maximum absolute atomic E-state index is 11.8. The van der Waals surface area contributed by atoms with Crippen LogP contribution in [0.3, 0.4) is 0 Å². The number of rotatable bonds is 5. The van der Waals surface area contributed by atoms with Crippen LogP contribution in [0.2, 0.25) is 0 Å². The number of carbonyl (C=O) groups is 2. The van der Waals surface area contributed by atoms with Gasteiger partial charge in [0.05, 0.1) is 6.61 Å². The van der Waals surface area contributed by atoms with Crippen molar-refractivity contribution in [2.24, 2.45) is 11.8 Å². The van der Waals surface area contributed by atoms with E-state index in [-0.39, 0.29) is 30.8 Å². The Kier molecular flexibility index (Phi) is 5.58. The van der Waals surface area contributed by atoms with Crippen molar-refractivity contribution in [2.45, 2.75) is 38.6 Å². The first-order valence-electron chi connectivity index (χ1n) is 6.11. The molecule has 1 unspecified atom stereocenters. The fourth-order valence-electron chi connectivity index (χ4n) is 2.17. The predicted molar refractivity (Wildman–Crippen MR) is 62.2 cm³/mol. The summed E-state index contributed by atoms with van der Waals surface area (Å²) in [6, 6.07) is -0.780. The summed E-state index contributed by atoms with van der Waals surface area (Å²) in [5.74, 6) is -0.174. The highest BCUT2D eigenvalue weighted by molar-refractivity contribution is 5.88. The van der Waals surface area contributed by atoms with E-state index >= 15 is 0 Å². The molecule has 1 atom stereocenters. The van der Waals surface area contributed by atoms with Gasteiger partial charge in [0.2, 0.25) is 5.91 Å². The highest BCUT2D eigenvalue weighted by Crippen LogP contribution is 2.28. The van der Waals surface area contributed by atoms with E-state index in [2.05, 4.69) is 5.32 Å². The molecule has 17 heavy (non-hydrogen) atoms. The van der Waals surface area contributed by atoms with Gasteiger partial charge in [0.1, 0.15) is 6.04 Å². The van der Waals surface area contributed by atoms with E-state index in [0.717, 1.165) is 25.7 Å². The largest absolute Gasteiger partial charge is 0.396 e. The second kappa shape index (κ2) is 6.71. The van der Waals surface area contributed by atoms with Gasteiger partial charge >= 0.3 is 0 Å². The lowest BCUT2D eigenvalue weighted by Gasteiger charge is -2.27. The lowest BCUT2D eigenvalue weighted by Crippen LogP contribution is -2.45. The monoisotopic (exact) mass is 243 g/mol. The van der Waals surface area contributed by atoms with Crippen molar-refractivity contribution >= 4 is 11.7 Å². The Morgan fingerprint density at radius 3 is 2.24 bits per heavy atom. The van der Waals surface area contributed by atoms with Gasteiger partial charge in [-0.25, -0.2) is 0 Å². The average Bonchev–Trinajstić information content (AvgIpc) is 2.35. The van der Waals surface area contributed by atoms with Crippen LogP contribution < -0.4 is 5.32 Å². The van der Waals surface area contributed by atoms with Gasteiger partial charge in [0.15, 0.2) is 5.78 Å². The fraction of sp³-hybridized carbons (Fsp3) is 0.833. The standard InChI is InChI=1S/C12H21NO4/c1-8(16)11(7-15)13-12(17)10-4-2-9(6-14)3-5-10/h9-11,14-15H,2-7H2,1H3,(H,13,17). The van der Waals surface area contributed by atoms with Crippen LogP contribution in [-0.4, -0.2) is 41.2 Å². The van der Waals surface area contributed by atoms with Crippen molar-refractivity contribution < 1.29 is 19.8 Å². The van der Waals surface area contributed by atoms with Crippen LogP contribution in [0.5, 0.6) is 0 Å². The van der Waals surface area contributed by atoms with Gasteiger partial charge in [0.25, 0.3) is 0 Å². The molecule has 5 nitrogen and oxygen atoms in total. The van der Waals surface area contributed by atoms with Crippen LogP contribution in [-0.2, 0) is 9.59 Å². The Balaban J connectivity index is 2.41. The quantitative estimate of drug-likeness (QED) is 0.627. The second-order valence-corrected chi connectivity index (χ2v) is 4.75. The molecule has 1 aliphatic rings. The lowest BCUT2D eigenvalue weighted by molar-refractivity contribution is -0.131. The summed E-state index contributed by atoms with van der Waals surface area (Å²) in [5.41, 5.74) is 0. The van der Waals surface area contributed by atoms with Gasteiger partial charge in [-0.1, -0.05) is 0 Å². The first-order chi connectivity index (χ1) is 8.08. The first kappa shape index (κ1) is 14.1. The number of ketones is 1. The van der Waals surface area contributed by atoms with Gasteiger partial charge in [-0.2, -0.15) is 0 Å². The van der Waals surface area contributed by atoms with Gasteiger partial charge in [-0.05, 0) is 38.5 Å². The molecule has 98 valence electrons. The average molecular weight is 243 g/mol. The van der Waals surface area contributed by atoms with E-state index in [1.165, 1.54) is 6.92 Å². The smallest absolute Gasteiger partial charge is 0.223 e. The van der Waals surface area contributed by atoms with Crippen LogP contribution in [0, 0.1) is 11.8 Å². The third kappa shape index (κ3) is 4.09. The van der Waals surface area contributed by atoms with Gasteiger partial charge in [-0.15, -0.1) is 0 Å². The minimum Gasteiger partial charge on any atom is -0.396 e. The zero-order chi connectivity index (χ0) is 12.8. The van der Waals surface area contributed by atoms with E-state index in [1.54, 1.807) is 0 Å². The van der Waals surface area contributed by atoms with E-state index in [1.807, 2.05) is 0 Å². The molecular weight excluding hydrogens is 222 g/mol. The van der Waals surface area contributed by atoms with Crippen molar-refractivity contribution in [1.29, 1.82) is 0 Å². The molecule has 0 spiro atoms. The van der Waals surface area contributed by atoms with E-state index in [9.17, 15) is 9.59 Å². The van der Waals surface area contributed by atoms with Crippen LogP contribution in [0.4, 0.5) is 0 Å². The molecule has 0 radical (unpaired) electrons. The fourth-order valence-corrected chi connectivity index (χ4v) is 2.17. The second-order valence-electron chi connectivity index (χ2n) is 4.75. The number of nitrogens with one attached hydrogen (secondary N) is 1. The number of amides is 1. The topological polar surface area (TPSA) is 86.6 Å². The van der Waals surface area contributed by atoms with E-state index < -0.39 is 6.04 Å². The van der Waals surface area contributed by atoms with Crippen LogP contribution >= 0.6 is 0 Å². The van der Waals surface area contributed by atoms with E-state index in [0.29, 0.717) is 5.92 Å². The predicted octanol–water partition coefficient (Wildman–Crippen LogP) is -0.149. The molecule has 1 aliphatic carbocycles. The van der Waals surface area contributed by atoms with Crippen LogP contribution in [0.25, 0.3) is 0 Å². The summed E-state index contributed by atoms with van der Waals surface area (Å²) in [6.45, 7) is 1.18. The SMILES string of the molecule is CC(=O)C(CO)NC(=O)C1CCC(CO)CC1. The highest BCUT2D eigenvalue weighted by Gasteiger charge is 2.27. The van der Waals surface area contributed by atoms with E-state index in [4.69, 9.17) is 10.2 Å². The Labute approximate surface area is 101 Å². The summed E-state index contributed by atoms with van der Waals surface area (Å²) in [5, 5.41) is 20.5. The molecule has 0 aromatic heterocycles. The van der Waals surface area contributed by atoms with Gasteiger partial charge in [-0.3, -0.25) is 9.59 Å². The zero-order valence-electron chi connectivity index (χ0n) is 10.2. The molecule has 0 aliphatic heterocycles. The van der Waals surface area contributed by atoms with Crippen LogP contribution in [0.15, 0.2) is 0 Å². The summed E-state index contributed by atoms with van der Waals surface area (Å²) in [7, 11) is 0. The molecule has 0 aromatic carbocycles. The molecule has 1 fully saturated rings. The molecule has 0 aromatic rings. The highest BCUT2D eigenvalue weighted by atomic mass is 16.3. The third-order valence-corrected chi connectivity index (χ3v) is 3.47. The number of hydrogen-bond acceptors (Lipinski definition) is 4. The minimum absolute atomic E-state index is 0.0915. The molecular formula is C12H21NO4. The minimum atomic E-state index is -0.780. The van der Waals surface area contributed by atoms with Crippen molar-refractivity contribution in [3.8, 4) is 0 Å². The molecule has 0 saturated heterocycles. The summed E-state index contributed by atoms with van der Waals surface area (Å²) < 4.78 is 0. The van der Waals surface area contributed by atoms with Crippen LogP contribution in [0.1, 0.15) is 32.6 Å². The summed E-state index contributed by atoms with van der Waals surface area (Å²) >= 11 is 0. The number of hydrogen-bond donors (Lipinski definition) is 3. The molecule has 5 heteroatoms. The Morgan fingerprint density at radius 1 is 1.24 bits per heavy atom. The Bertz CT molecular complexity index is 272. The van der Waals surface area contributed by atoms with Gasteiger partial charge in [0, 0.05) is 12.5 Å². The molecule has 0 bridgehead atoms. The summed E-state index contributed by atoms with van der Waals surface area (Å²) in [4.78, 5) is 22.9. The molecule has 0 heterocycles. The zero-order valence-corrected chi connectivity index (χ0v) is 10.2. The number of carbonyl (C=O) groups excluding carboxylic acids is 2. The summed E-state index contributed by atoms with van der Waals surface area (Å²) in [6.07, 6.45) is 3.18. The molecule has 3 N–H and O–H groups in total. The number of aliphatic hydroxyl groups is 2. The van der Waals surface area contributed by atoms with Crippen molar-refractivity contribution in [3.05, 3.63) is 0 Å². The van der Waals surface area contributed by atoms with Gasteiger partial charge < -0.3 is 15.5 Å². The molecule has 1 amide bonds. The maximum Gasteiger partial charge on any atom is 0.223 e. The van der Waals surface area contributed by atoms with Crippen molar-refractivity contribution in [1.82, 2.24) is 5.32 Å². The number of aliphatic hydroxyl groups excluding tert-OH is 2. The van der Waals surface area contributed by atoms with Crippen molar-refractivity contribution in [2.75, 3.05) is 13.2 Å². The Morgan fingerprint density at radius 2 is 1.82 bits per heavy atom. The lowest BCUT2D eigenvalue weighted by atomic mass is 9.82. The third-order valence-electron chi connectivity index (χ3n) is 3.47. The first-order valence-corrected chi connectivity index (χ1v) is 6.11. The Hall–Kier alpha value is -0.940. The van der Waals surface area contributed by atoms with Crippen molar-refractivity contribution in [3.63, 3.8) is 0 Å². The molecule has 1 saturated carbocycles.